The van der Waals surface area contributed by atoms with Crippen LogP contribution in [-0.4, -0.2) is 13.1 Å². The number of hydrogen-bond donors (Lipinski definition) is 0. The number of allylic oxidation sites excluding steroid dienone is 1. The van der Waals surface area contributed by atoms with Crippen molar-refractivity contribution in [3.63, 3.8) is 0 Å². The summed E-state index contributed by atoms with van der Waals surface area (Å²) >= 11 is 3.16. The standard InChI is InChI=1S/C12H13BrO2/c1-15-12(14)11(13)9-5-8-10-6-3-2-4-7-10/h2-4,6-7,9H,5,8H2,1H3/b11-9+. The zero-order valence-corrected chi connectivity index (χ0v) is 10.2. The summed E-state index contributed by atoms with van der Waals surface area (Å²) in [6.45, 7) is 0. The Morgan fingerprint density at radius 1 is 1.40 bits per heavy atom. The Balaban J connectivity index is 2.42. The van der Waals surface area contributed by atoms with Crippen molar-refractivity contribution < 1.29 is 9.53 Å². The first-order chi connectivity index (χ1) is 7.24. The molecule has 15 heavy (non-hydrogen) atoms. The summed E-state index contributed by atoms with van der Waals surface area (Å²) in [7, 11) is 1.37. The van der Waals surface area contributed by atoms with E-state index in [2.05, 4.69) is 32.8 Å². The number of benzene rings is 1. The number of halogens is 1. The smallest absolute Gasteiger partial charge is 0.344 e. The third-order valence-corrected chi connectivity index (χ3v) is 2.63. The number of esters is 1. The molecule has 80 valence electrons. The van der Waals surface area contributed by atoms with Gasteiger partial charge >= 0.3 is 5.97 Å². The zero-order valence-electron chi connectivity index (χ0n) is 8.57. The van der Waals surface area contributed by atoms with E-state index in [1.165, 1.54) is 12.7 Å². The van der Waals surface area contributed by atoms with Crippen molar-refractivity contribution in [2.45, 2.75) is 12.8 Å². The van der Waals surface area contributed by atoms with Crippen LogP contribution in [0.2, 0.25) is 0 Å². The lowest BCUT2D eigenvalue weighted by Crippen LogP contribution is -1.99. The van der Waals surface area contributed by atoms with Gasteiger partial charge < -0.3 is 4.74 Å². The minimum atomic E-state index is -0.330. The van der Waals surface area contributed by atoms with Crippen LogP contribution in [0.5, 0.6) is 0 Å². The predicted molar refractivity (Wildman–Crippen MR) is 63.8 cm³/mol. The van der Waals surface area contributed by atoms with E-state index in [0.29, 0.717) is 4.48 Å². The summed E-state index contributed by atoms with van der Waals surface area (Å²) in [4.78, 5) is 11.0. The van der Waals surface area contributed by atoms with Gasteiger partial charge in [0.2, 0.25) is 0 Å². The summed E-state index contributed by atoms with van der Waals surface area (Å²) in [5.74, 6) is -0.330. The van der Waals surface area contributed by atoms with Crippen LogP contribution in [0.3, 0.4) is 0 Å². The largest absolute Gasteiger partial charge is 0.465 e. The molecule has 3 heteroatoms. The van der Waals surface area contributed by atoms with Crippen LogP contribution < -0.4 is 0 Å². The van der Waals surface area contributed by atoms with Gasteiger partial charge in [0.15, 0.2) is 0 Å². The van der Waals surface area contributed by atoms with E-state index in [-0.39, 0.29) is 5.97 Å². The van der Waals surface area contributed by atoms with Crippen molar-refractivity contribution in [1.82, 2.24) is 0 Å². The molecule has 0 atom stereocenters. The van der Waals surface area contributed by atoms with Crippen LogP contribution >= 0.6 is 15.9 Å². The van der Waals surface area contributed by atoms with Crippen molar-refractivity contribution in [2.24, 2.45) is 0 Å². The highest BCUT2D eigenvalue weighted by atomic mass is 79.9. The lowest BCUT2D eigenvalue weighted by atomic mass is 10.1. The predicted octanol–water partition coefficient (Wildman–Crippen LogP) is 3.07. The topological polar surface area (TPSA) is 26.3 Å². The molecular formula is C12H13BrO2. The van der Waals surface area contributed by atoms with Crippen LogP contribution in [0.15, 0.2) is 40.9 Å². The molecule has 2 nitrogen and oxygen atoms in total. The highest BCUT2D eigenvalue weighted by Gasteiger charge is 2.03. The molecule has 1 aromatic carbocycles. The number of ether oxygens (including phenoxy) is 1. The maximum absolute atomic E-state index is 11.0. The Hall–Kier alpha value is -1.09. The van der Waals surface area contributed by atoms with Crippen molar-refractivity contribution in [2.75, 3.05) is 7.11 Å². The SMILES string of the molecule is COC(=O)/C(Br)=C\CCc1ccccc1. The van der Waals surface area contributed by atoms with E-state index in [0.717, 1.165) is 12.8 Å². The molecule has 0 heterocycles. The Bertz CT molecular complexity index is 344. The quantitative estimate of drug-likeness (QED) is 0.620. The van der Waals surface area contributed by atoms with Gasteiger partial charge in [-0.1, -0.05) is 36.4 Å². The van der Waals surface area contributed by atoms with Gasteiger partial charge in [-0.3, -0.25) is 0 Å². The van der Waals surface area contributed by atoms with Gasteiger partial charge in [0.25, 0.3) is 0 Å². The van der Waals surface area contributed by atoms with Crippen LogP contribution in [0.25, 0.3) is 0 Å². The number of carbonyl (C=O) groups excluding carboxylic acids is 1. The van der Waals surface area contributed by atoms with Gasteiger partial charge in [0, 0.05) is 0 Å². The lowest BCUT2D eigenvalue weighted by molar-refractivity contribution is -0.135. The lowest BCUT2D eigenvalue weighted by Gasteiger charge is -1.98. The fourth-order valence-electron chi connectivity index (χ4n) is 1.19. The summed E-state index contributed by atoms with van der Waals surface area (Å²) in [6.07, 6.45) is 3.57. The molecule has 0 aliphatic carbocycles. The van der Waals surface area contributed by atoms with Crippen molar-refractivity contribution in [1.29, 1.82) is 0 Å². The average Bonchev–Trinajstić information content (AvgIpc) is 2.29. The molecule has 0 aromatic heterocycles. The van der Waals surface area contributed by atoms with E-state index >= 15 is 0 Å². The van der Waals surface area contributed by atoms with Gasteiger partial charge in [-0.25, -0.2) is 4.79 Å². The molecule has 0 aliphatic rings. The van der Waals surface area contributed by atoms with Crippen LogP contribution in [0.1, 0.15) is 12.0 Å². The molecule has 0 unspecified atom stereocenters. The Morgan fingerprint density at radius 2 is 2.07 bits per heavy atom. The summed E-state index contributed by atoms with van der Waals surface area (Å²) in [5.41, 5.74) is 1.26. The number of rotatable bonds is 4. The maximum atomic E-state index is 11.0. The van der Waals surface area contributed by atoms with Crippen molar-refractivity contribution >= 4 is 21.9 Å². The molecule has 1 rings (SSSR count). The van der Waals surface area contributed by atoms with Gasteiger partial charge in [0.1, 0.15) is 0 Å². The normalized spacial score (nSPS) is 11.2. The molecule has 0 fully saturated rings. The molecule has 0 aliphatic heterocycles. The number of carbonyl (C=O) groups is 1. The van der Waals surface area contributed by atoms with E-state index in [9.17, 15) is 4.79 Å². The fraction of sp³-hybridized carbons (Fsp3) is 0.250. The van der Waals surface area contributed by atoms with E-state index in [4.69, 9.17) is 0 Å². The molecule has 0 radical (unpaired) electrons. The van der Waals surface area contributed by atoms with Gasteiger partial charge in [-0.2, -0.15) is 0 Å². The third-order valence-electron chi connectivity index (χ3n) is 1.98. The van der Waals surface area contributed by atoms with E-state index in [1.54, 1.807) is 0 Å². The first-order valence-corrected chi connectivity index (χ1v) is 5.51. The third kappa shape index (κ3) is 4.30. The Labute approximate surface area is 98.1 Å². The average molecular weight is 269 g/mol. The molecule has 1 aromatic rings. The van der Waals surface area contributed by atoms with Gasteiger partial charge in [-0.15, -0.1) is 0 Å². The summed E-state index contributed by atoms with van der Waals surface area (Å²) < 4.78 is 5.05. The second-order valence-electron chi connectivity index (χ2n) is 3.07. The highest BCUT2D eigenvalue weighted by molar-refractivity contribution is 9.12. The van der Waals surface area contributed by atoms with Crippen LogP contribution in [0.4, 0.5) is 0 Å². The summed E-state index contributed by atoms with van der Waals surface area (Å²) in [5, 5.41) is 0. The Morgan fingerprint density at radius 3 is 2.67 bits per heavy atom. The fourth-order valence-corrected chi connectivity index (χ4v) is 1.58. The van der Waals surface area contributed by atoms with E-state index < -0.39 is 0 Å². The molecule has 0 spiro atoms. The second-order valence-corrected chi connectivity index (χ2v) is 3.92. The number of aryl methyl sites for hydroxylation is 1. The number of hydrogen-bond acceptors (Lipinski definition) is 2. The first-order valence-electron chi connectivity index (χ1n) is 4.72. The first kappa shape index (κ1) is 12.0. The van der Waals surface area contributed by atoms with Crippen LogP contribution in [-0.2, 0) is 16.0 Å². The summed E-state index contributed by atoms with van der Waals surface area (Å²) in [6, 6.07) is 10.1. The van der Waals surface area contributed by atoms with Crippen molar-refractivity contribution in [3.8, 4) is 0 Å². The second kappa shape index (κ2) is 6.40. The van der Waals surface area contributed by atoms with E-state index in [1.807, 2.05) is 24.3 Å². The molecular weight excluding hydrogens is 256 g/mol. The highest BCUT2D eigenvalue weighted by Crippen LogP contribution is 2.10. The maximum Gasteiger partial charge on any atom is 0.344 e. The molecule has 0 bridgehead atoms. The monoisotopic (exact) mass is 268 g/mol. The molecule has 0 N–H and O–H groups in total. The molecule has 0 saturated heterocycles. The van der Waals surface area contributed by atoms with Crippen molar-refractivity contribution in [3.05, 3.63) is 46.5 Å². The van der Waals surface area contributed by atoms with Gasteiger partial charge in [-0.05, 0) is 34.3 Å². The Kier molecular flexibility index (Phi) is 5.12. The zero-order chi connectivity index (χ0) is 11.1. The van der Waals surface area contributed by atoms with Gasteiger partial charge in [0.05, 0.1) is 11.6 Å². The minimum Gasteiger partial charge on any atom is -0.465 e. The van der Waals surface area contributed by atoms with Crippen LogP contribution in [0, 0.1) is 0 Å². The minimum absolute atomic E-state index is 0.330. The number of methoxy groups -OCH3 is 1. The molecule has 0 amide bonds. The molecule has 0 saturated carbocycles.